The van der Waals surface area contributed by atoms with Crippen LogP contribution in [0.15, 0.2) is 54.6 Å². The van der Waals surface area contributed by atoms with Crippen molar-refractivity contribution < 1.29 is 9.90 Å². The van der Waals surface area contributed by atoms with Gasteiger partial charge in [-0.15, -0.1) is 0 Å². The highest BCUT2D eigenvalue weighted by molar-refractivity contribution is 5.95. The summed E-state index contributed by atoms with van der Waals surface area (Å²) in [5.41, 5.74) is 1.51. The van der Waals surface area contributed by atoms with E-state index >= 15 is 0 Å². The van der Waals surface area contributed by atoms with Gasteiger partial charge in [-0.25, -0.2) is 0 Å². The molecule has 0 saturated heterocycles. The molecule has 0 heterocycles. The molecule has 0 bridgehead atoms. The zero-order valence-corrected chi connectivity index (χ0v) is 12.8. The standard InChI is InChI=1S/C19H21NO2/c1-14-7-5-6-10-17(14)18(21)20-13-19(22,16-11-12-16)15-8-3-2-4-9-15/h2-10,16,22H,11-13H2,1H3,(H,20,21)/t19-/m1/s1. The number of nitrogens with one attached hydrogen (secondary N) is 1. The molecule has 1 saturated carbocycles. The number of aryl methyl sites for hydroxylation is 1. The Labute approximate surface area is 131 Å². The van der Waals surface area contributed by atoms with E-state index in [2.05, 4.69) is 5.32 Å². The van der Waals surface area contributed by atoms with E-state index in [9.17, 15) is 9.90 Å². The molecule has 0 aromatic heterocycles. The monoisotopic (exact) mass is 295 g/mol. The van der Waals surface area contributed by atoms with E-state index in [1.54, 1.807) is 0 Å². The first-order valence-electron chi connectivity index (χ1n) is 7.73. The number of aliphatic hydroxyl groups is 1. The Bertz CT molecular complexity index is 664. The van der Waals surface area contributed by atoms with Crippen molar-refractivity contribution in [3.63, 3.8) is 0 Å². The highest BCUT2D eigenvalue weighted by Gasteiger charge is 2.45. The Hall–Kier alpha value is -2.13. The van der Waals surface area contributed by atoms with Crippen LogP contribution in [-0.4, -0.2) is 17.6 Å². The maximum absolute atomic E-state index is 12.4. The van der Waals surface area contributed by atoms with Crippen molar-refractivity contribution in [2.75, 3.05) is 6.54 Å². The lowest BCUT2D eigenvalue weighted by Gasteiger charge is -2.29. The van der Waals surface area contributed by atoms with E-state index < -0.39 is 5.60 Å². The third-order valence-electron chi connectivity index (χ3n) is 4.43. The van der Waals surface area contributed by atoms with Crippen LogP contribution in [0.4, 0.5) is 0 Å². The van der Waals surface area contributed by atoms with Gasteiger partial charge in [-0.1, -0.05) is 48.5 Å². The molecule has 0 aliphatic heterocycles. The molecule has 3 heteroatoms. The molecule has 3 rings (SSSR count). The molecule has 1 atom stereocenters. The van der Waals surface area contributed by atoms with Crippen LogP contribution in [0.25, 0.3) is 0 Å². The van der Waals surface area contributed by atoms with E-state index in [0.29, 0.717) is 5.56 Å². The number of hydrogen-bond donors (Lipinski definition) is 2. The first-order chi connectivity index (χ1) is 10.6. The minimum absolute atomic E-state index is 0.131. The van der Waals surface area contributed by atoms with Gasteiger partial charge in [-0.05, 0) is 42.9 Å². The number of hydrogen-bond acceptors (Lipinski definition) is 2. The molecule has 1 aliphatic rings. The van der Waals surface area contributed by atoms with Crippen LogP contribution in [0.1, 0.15) is 34.3 Å². The van der Waals surface area contributed by atoms with Crippen LogP contribution in [0.2, 0.25) is 0 Å². The minimum Gasteiger partial charge on any atom is -0.383 e. The van der Waals surface area contributed by atoms with Gasteiger partial charge < -0.3 is 10.4 Å². The Morgan fingerprint density at radius 3 is 2.41 bits per heavy atom. The molecule has 0 spiro atoms. The molecule has 3 nitrogen and oxygen atoms in total. The number of rotatable bonds is 5. The average molecular weight is 295 g/mol. The van der Waals surface area contributed by atoms with Gasteiger partial charge in [0.2, 0.25) is 0 Å². The molecule has 1 fully saturated rings. The number of amides is 1. The average Bonchev–Trinajstić information content (AvgIpc) is 3.39. The molecule has 22 heavy (non-hydrogen) atoms. The molecule has 2 aromatic rings. The fraction of sp³-hybridized carbons (Fsp3) is 0.316. The van der Waals surface area contributed by atoms with Crippen molar-refractivity contribution in [3.8, 4) is 0 Å². The summed E-state index contributed by atoms with van der Waals surface area (Å²) in [4.78, 5) is 12.4. The second-order valence-corrected chi connectivity index (χ2v) is 6.06. The van der Waals surface area contributed by atoms with Crippen molar-refractivity contribution in [2.24, 2.45) is 5.92 Å². The lowest BCUT2D eigenvalue weighted by Crippen LogP contribution is -2.42. The fourth-order valence-electron chi connectivity index (χ4n) is 2.91. The predicted molar refractivity (Wildman–Crippen MR) is 86.6 cm³/mol. The highest BCUT2D eigenvalue weighted by atomic mass is 16.3. The molecular weight excluding hydrogens is 274 g/mol. The topological polar surface area (TPSA) is 49.3 Å². The van der Waals surface area contributed by atoms with Crippen LogP contribution in [0.3, 0.4) is 0 Å². The lowest BCUT2D eigenvalue weighted by molar-refractivity contribution is 0.0135. The number of carbonyl (C=O) groups excluding carboxylic acids is 1. The van der Waals surface area contributed by atoms with Crippen LogP contribution < -0.4 is 5.32 Å². The summed E-state index contributed by atoms with van der Waals surface area (Å²) in [5, 5.41) is 14.0. The zero-order chi connectivity index (χ0) is 15.6. The highest BCUT2D eigenvalue weighted by Crippen LogP contribution is 2.45. The van der Waals surface area contributed by atoms with E-state index in [1.165, 1.54) is 0 Å². The summed E-state index contributed by atoms with van der Waals surface area (Å²) in [6.07, 6.45) is 2.01. The Balaban J connectivity index is 1.76. The van der Waals surface area contributed by atoms with Gasteiger partial charge in [-0.2, -0.15) is 0 Å². The second kappa shape index (κ2) is 5.93. The Kier molecular flexibility index (Phi) is 3.99. The summed E-state index contributed by atoms with van der Waals surface area (Å²) < 4.78 is 0. The third-order valence-corrected chi connectivity index (χ3v) is 4.43. The van der Waals surface area contributed by atoms with Crippen molar-refractivity contribution in [1.82, 2.24) is 5.32 Å². The maximum Gasteiger partial charge on any atom is 0.251 e. The van der Waals surface area contributed by atoms with Crippen LogP contribution in [-0.2, 0) is 5.60 Å². The van der Waals surface area contributed by atoms with E-state index in [-0.39, 0.29) is 18.4 Å². The second-order valence-electron chi connectivity index (χ2n) is 6.06. The van der Waals surface area contributed by atoms with Crippen LogP contribution in [0, 0.1) is 12.8 Å². The normalized spacial score (nSPS) is 16.8. The SMILES string of the molecule is Cc1ccccc1C(=O)NC[C@@](O)(c1ccccc1)C1CC1. The largest absolute Gasteiger partial charge is 0.383 e. The number of benzene rings is 2. The van der Waals surface area contributed by atoms with Gasteiger partial charge in [-0.3, -0.25) is 4.79 Å². The first-order valence-corrected chi connectivity index (χ1v) is 7.73. The first kappa shape index (κ1) is 14.8. The molecule has 1 aliphatic carbocycles. The minimum atomic E-state index is -0.973. The quantitative estimate of drug-likeness (QED) is 0.891. The van der Waals surface area contributed by atoms with Gasteiger partial charge in [0.15, 0.2) is 0 Å². The summed E-state index contributed by atoms with van der Waals surface area (Å²) in [6, 6.07) is 17.1. The van der Waals surface area contributed by atoms with Crippen molar-refractivity contribution in [1.29, 1.82) is 0 Å². The van der Waals surface area contributed by atoms with Crippen molar-refractivity contribution in [2.45, 2.75) is 25.4 Å². The molecular formula is C19H21NO2. The lowest BCUT2D eigenvalue weighted by atomic mass is 9.88. The number of carbonyl (C=O) groups is 1. The van der Waals surface area contributed by atoms with Gasteiger partial charge in [0.05, 0.1) is 6.54 Å². The van der Waals surface area contributed by atoms with Gasteiger partial charge in [0.1, 0.15) is 5.60 Å². The van der Waals surface area contributed by atoms with Crippen LogP contribution in [0.5, 0.6) is 0 Å². The Morgan fingerprint density at radius 2 is 1.77 bits per heavy atom. The van der Waals surface area contributed by atoms with Gasteiger partial charge in [0, 0.05) is 5.56 Å². The van der Waals surface area contributed by atoms with E-state index in [1.807, 2.05) is 61.5 Å². The third kappa shape index (κ3) is 2.90. The summed E-state index contributed by atoms with van der Waals surface area (Å²) in [5.74, 6) is 0.0974. The molecule has 0 unspecified atom stereocenters. The molecule has 2 N–H and O–H groups in total. The van der Waals surface area contributed by atoms with Gasteiger partial charge in [0.25, 0.3) is 5.91 Å². The summed E-state index contributed by atoms with van der Waals surface area (Å²) in [6.45, 7) is 2.16. The maximum atomic E-state index is 12.4. The van der Waals surface area contributed by atoms with E-state index in [4.69, 9.17) is 0 Å². The van der Waals surface area contributed by atoms with E-state index in [0.717, 1.165) is 24.0 Å². The molecule has 2 aromatic carbocycles. The predicted octanol–water partition coefficient (Wildman–Crippen LogP) is 3.02. The molecule has 114 valence electrons. The van der Waals surface area contributed by atoms with Crippen molar-refractivity contribution in [3.05, 3.63) is 71.3 Å². The fourth-order valence-corrected chi connectivity index (χ4v) is 2.91. The Morgan fingerprint density at radius 1 is 1.14 bits per heavy atom. The zero-order valence-electron chi connectivity index (χ0n) is 12.8. The smallest absolute Gasteiger partial charge is 0.251 e. The molecule has 0 radical (unpaired) electrons. The summed E-state index contributed by atoms with van der Waals surface area (Å²) in [7, 11) is 0. The van der Waals surface area contributed by atoms with Crippen LogP contribution >= 0.6 is 0 Å². The van der Waals surface area contributed by atoms with Gasteiger partial charge >= 0.3 is 0 Å². The molecule has 1 amide bonds. The summed E-state index contributed by atoms with van der Waals surface area (Å²) >= 11 is 0. The van der Waals surface area contributed by atoms with Crippen molar-refractivity contribution >= 4 is 5.91 Å².